The number of rotatable bonds is 5. The van der Waals surface area contributed by atoms with Gasteiger partial charge >= 0.3 is 11.9 Å². The molecule has 3 atom stereocenters. The topological polar surface area (TPSA) is 80.3 Å². The maximum absolute atomic E-state index is 11.7. The van der Waals surface area contributed by atoms with Crippen molar-refractivity contribution in [2.75, 3.05) is 28.4 Å². The second-order valence-electron chi connectivity index (χ2n) is 3.83. The lowest BCUT2D eigenvalue weighted by Gasteiger charge is -2.22. The van der Waals surface area contributed by atoms with Crippen molar-refractivity contribution >= 4 is 11.9 Å². The zero-order chi connectivity index (χ0) is 13.7. The lowest BCUT2D eigenvalue weighted by atomic mass is 9.90. The summed E-state index contributed by atoms with van der Waals surface area (Å²) in [4.78, 5) is 23.4. The molecule has 1 aliphatic heterocycles. The van der Waals surface area contributed by atoms with Gasteiger partial charge in [-0.15, -0.1) is 0 Å². The van der Waals surface area contributed by atoms with Gasteiger partial charge in [-0.2, -0.15) is 0 Å². The number of esters is 2. The van der Waals surface area contributed by atoms with Crippen LogP contribution in [-0.4, -0.2) is 53.0 Å². The third kappa shape index (κ3) is 2.98. The van der Waals surface area contributed by atoms with E-state index in [-0.39, 0.29) is 0 Å². The van der Waals surface area contributed by atoms with Crippen molar-refractivity contribution in [3.05, 3.63) is 0 Å². The van der Waals surface area contributed by atoms with Crippen LogP contribution in [0.3, 0.4) is 0 Å². The van der Waals surface area contributed by atoms with Gasteiger partial charge in [0.15, 0.2) is 18.5 Å². The van der Waals surface area contributed by atoms with Gasteiger partial charge in [0.1, 0.15) is 0 Å². The van der Waals surface area contributed by atoms with E-state index in [1.165, 1.54) is 28.4 Å². The Morgan fingerprint density at radius 1 is 1.06 bits per heavy atom. The van der Waals surface area contributed by atoms with Crippen LogP contribution in [0.4, 0.5) is 0 Å². The lowest BCUT2D eigenvalue weighted by molar-refractivity contribution is -0.200. The van der Waals surface area contributed by atoms with Crippen molar-refractivity contribution < 1.29 is 33.3 Å². The first-order valence-corrected chi connectivity index (χ1v) is 5.45. The highest BCUT2D eigenvalue weighted by Crippen LogP contribution is 2.34. The quantitative estimate of drug-likeness (QED) is 0.506. The normalized spacial score (nSPS) is 27.3. The number of carbonyl (C=O) groups excluding carboxylic acids is 2. The molecule has 0 aromatic rings. The van der Waals surface area contributed by atoms with Crippen molar-refractivity contribution in [2.24, 2.45) is 11.8 Å². The van der Waals surface area contributed by atoms with Gasteiger partial charge < -0.3 is 23.7 Å². The third-order valence-electron chi connectivity index (χ3n) is 2.93. The molecule has 1 aliphatic rings. The molecule has 0 N–H and O–H groups in total. The second-order valence-corrected chi connectivity index (χ2v) is 3.83. The van der Waals surface area contributed by atoms with Crippen LogP contribution in [0.2, 0.25) is 0 Å². The molecule has 7 nitrogen and oxygen atoms in total. The Hall–Kier alpha value is -1.18. The first kappa shape index (κ1) is 14.9. The van der Waals surface area contributed by atoms with Crippen LogP contribution in [-0.2, 0) is 33.3 Å². The summed E-state index contributed by atoms with van der Waals surface area (Å²) in [5.41, 5.74) is 0. The molecule has 0 spiro atoms. The summed E-state index contributed by atoms with van der Waals surface area (Å²) in [5, 5.41) is 0. The predicted molar refractivity (Wildman–Crippen MR) is 58.3 cm³/mol. The maximum Gasteiger partial charge on any atom is 0.320 e. The maximum atomic E-state index is 11.7. The van der Waals surface area contributed by atoms with Crippen LogP contribution >= 0.6 is 0 Å². The molecule has 104 valence electrons. The van der Waals surface area contributed by atoms with Gasteiger partial charge in [0.05, 0.1) is 14.2 Å². The molecule has 0 saturated carbocycles. The molecule has 1 rings (SSSR count). The minimum Gasteiger partial charge on any atom is -0.468 e. The zero-order valence-corrected chi connectivity index (χ0v) is 10.9. The van der Waals surface area contributed by atoms with Gasteiger partial charge in [0.25, 0.3) is 0 Å². The fraction of sp³-hybridized carbons (Fsp3) is 0.818. The highest BCUT2D eigenvalue weighted by molar-refractivity contribution is 5.95. The average molecular weight is 262 g/mol. The first-order chi connectivity index (χ1) is 8.58. The number of ether oxygens (including phenoxy) is 5. The Kier molecular flexibility index (Phi) is 5.52. The smallest absolute Gasteiger partial charge is 0.320 e. The summed E-state index contributed by atoms with van der Waals surface area (Å²) in [6, 6.07) is 0. The summed E-state index contributed by atoms with van der Waals surface area (Å²) in [7, 11) is 5.33. The molecule has 0 bridgehead atoms. The molecule has 3 unspecified atom stereocenters. The molecular formula is C11H18O7. The van der Waals surface area contributed by atoms with E-state index in [0.29, 0.717) is 6.42 Å². The monoisotopic (exact) mass is 262 g/mol. The molecule has 1 heterocycles. The van der Waals surface area contributed by atoms with E-state index in [2.05, 4.69) is 9.47 Å². The van der Waals surface area contributed by atoms with Crippen molar-refractivity contribution in [3.63, 3.8) is 0 Å². The predicted octanol–water partition coefficient (Wildman–Crippen LogP) is -0.0699. The van der Waals surface area contributed by atoms with Crippen LogP contribution in [0.5, 0.6) is 0 Å². The van der Waals surface area contributed by atoms with Gasteiger partial charge in [-0.3, -0.25) is 9.59 Å². The van der Waals surface area contributed by atoms with Crippen molar-refractivity contribution in [1.29, 1.82) is 0 Å². The first-order valence-electron chi connectivity index (χ1n) is 5.45. The van der Waals surface area contributed by atoms with Crippen molar-refractivity contribution in [3.8, 4) is 0 Å². The Bertz CT molecular complexity index is 288. The van der Waals surface area contributed by atoms with Crippen molar-refractivity contribution in [2.45, 2.75) is 19.0 Å². The van der Waals surface area contributed by atoms with E-state index >= 15 is 0 Å². The average Bonchev–Trinajstić information content (AvgIpc) is 2.81. The molecule has 7 heteroatoms. The molecule has 18 heavy (non-hydrogen) atoms. The summed E-state index contributed by atoms with van der Waals surface area (Å²) < 4.78 is 24.8. The third-order valence-corrected chi connectivity index (χ3v) is 2.93. The van der Waals surface area contributed by atoms with Crippen LogP contribution in [0.25, 0.3) is 0 Å². The fourth-order valence-corrected chi connectivity index (χ4v) is 2.01. The Balaban J connectivity index is 2.90. The van der Waals surface area contributed by atoms with Gasteiger partial charge in [-0.05, 0) is 0 Å². The molecule has 0 aromatic heterocycles. The van der Waals surface area contributed by atoms with E-state index in [0.717, 1.165) is 0 Å². The van der Waals surface area contributed by atoms with Crippen LogP contribution in [0.15, 0.2) is 0 Å². The van der Waals surface area contributed by atoms with Crippen molar-refractivity contribution in [1.82, 2.24) is 0 Å². The molecule has 0 radical (unpaired) electrons. The van der Waals surface area contributed by atoms with E-state index in [1.54, 1.807) is 0 Å². The molecule has 1 fully saturated rings. The Morgan fingerprint density at radius 3 is 2.00 bits per heavy atom. The number of methoxy groups -OCH3 is 4. The number of carbonyl (C=O) groups is 2. The standard InChI is InChI=1S/C11H18O7/c1-14-7-5-6(11(17-4)18-7)8(9(12)15-2)10(13)16-3/h6-8,11H,5H2,1-4H3. The second kappa shape index (κ2) is 6.67. The van der Waals surface area contributed by atoms with Gasteiger partial charge in [-0.1, -0.05) is 0 Å². The highest BCUT2D eigenvalue weighted by atomic mass is 16.8. The molecule has 0 aliphatic carbocycles. The highest BCUT2D eigenvalue weighted by Gasteiger charge is 2.48. The van der Waals surface area contributed by atoms with Gasteiger partial charge in [0, 0.05) is 26.6 Å². The molecular weight excluding hydrogens is 244 g/mol. The summed E-state index contributed by atoms with van der Waals surface area (Å²) in [6.45, 7) is 0. The minimum absolute atomic E-state index is 0.351. The largest absolute Gasteiger partial charge is 0.468 e. The summed E-state index contributed by atoms with van der Waals surface area (Å²) in [5.74, 6) is -2.92. The number of hydrogen-bond donors (Lipinski definition) is 0. The number of hydrogen-bond acceptors (Lipinski definition) is 7. The Morgan fingerprint density at radius 2 is 1.61 bits per heavy atom. The lowest BCUT2D eigenvalue weighted by Crippen LogP contribution is -2.38. The Labute approximate surface area is 105 Å². The van der Waals surface area contributed by atoms with Gasteiger partial charge in [-0.25, -0.2) is 0 Å². The summed E-state index contributed by atoms with van der Waals surface area (Å²) >= 11 is 0. The fourth-order valence-electron chi connectivity index (χ4n) is 2.01. The van der Waals surface area contributed by atoms with E-state index < -0.39 is 36.4 Å². The molecule has 0 aromatic carbocycles. The molecule has 0 amide bonds. The SMILES string of the molecule is COC(=O)C(C(=O)OC)C1CC(OC)OC1OC. The van der Waals surface area contributed by atoms with E-state index in [4.69, 9.17) is 14.2 Å². The van der Waals surface area contributed by atoms with Crippen LogP contribution in [0.1, 0.15) is 6.42 Å². The van der Waals surface area contributed by atoms with Gasteiger partial charge in [0.2, 0.25) is 0 Å². The van der Waals surface area contributed by atoms with Crippen LogP contribution < -0.4 is 0 Å². The van der Waals surface area contributed by atoms with E-state index in [9.17, 15) is 9.59 Å². The molecule has 1 saturated heterocycles. The minimum atomic E-state index is -1.08. The van der Waals surface area contributed by atoms with Crippen LogP contribution in [0, 0.1) is 11.8 Å². The summed E-state index contributed by atoms with van der Waals surface area (Å²) in [6.07, 6.45) is -0.876. The zero-order valence-electron chi connectivity index (χ0n) is 10.9. The van der Waals surface area contributed by atoms with E-state index in [1.807, 2.05) is 0 Å².